The van der Waals surface area contributed by atoms with Gasteiger partial charge in [-0.2, -0.15) is 0 Å². The molecule has 2 aliphatic rings. The fourth-order valence-electron chi connectivity index (χ4n) is 3.49. The van der Waals surface area contributed by atoms with E-state index in [2.05, 4.69) is 5.32 Å². The maximum atomic E-state index is 13.5. The van der Waals surface area contributed by atoms with E-state index >= 15 is 0 Å². The molecule has 0 spiro atoms. The Bertz CT molecular complexity index is 465. The van der Waals surface area contributed by atoms with Crippen molar-refractivity contribution in [3.05, 3.63) is 29.6 Å². The van der Waals surface area contributed by atoms with Crippen molar-refractivity contribution in [1.29, 1.82) is 0 Å². The molecule has 104 valence electrons. The summed E-state index contributed by atoms with van der Waals surface area (Å²) < 4.78 is 19.1. The lowest BCUT2D eigenvalue weighted by molar-refractivity contribution is -0.0138. The van der Waals surface area contributed by atoms with Crippen molar-refractivity contribution < 1.29 is 14.2 Å². The number of benzene rings is 1. The molecule has 3 nitrogen and oxygen atoms in total. The first-order valence-corrected chi connectivity index (χ1v) is 7.02. The van der Waals surface area contributed by atoms with Crippen LogP contribution < -0.4 is 10.1 Å². The van der Waals surface area contributed by atoms with Crippen molar-refractivity contribution in [1.82, 2.24) is 5.32 Å². The topological polar surface area (TPSA) is 41.5 Å². The summed E-state index contributed by atoms with van der Waals surface area (Å²) in [5, 5.41) is 14.5. The second kappa shape index (κ2) is 4.76. The lowest BCUT2D eigenvalue weighted by Crippen LogP contribution is -2.46. The number of hydrogen-bond donors (Lipinski definition) is 2. The van der Waals surface area contributed by atoms with Crippen LogP contribution in [0.4, 0.5) is 4.39 Å². The van der Waals surface area contributed by atoms with Crippen LogP contribution >= 0.6 is 0 Å². The molecule has 2 aliphatic heterocycles. The highest BCUT2D eigenvalue weighted by Crippen LogP contribution is 2.44. The first-order valence-electron chi connectivity index (χ1n) is 7.02. The SMILES string of the molecule is CCOc1ccc(F)cc1C1(O)CC2CCC(C1)N2. The molecule has 2 saturated heterocycles. The molecule has 2 heterocycles. The maximum Gasteiger partial charge on any atom is 0.125 e. The predicted octanol–water partition coefficient (Wildman–Crippen LogP) is 2.33. The summed E-state index contributed by atoms with van der Waals surface area (Å²) in [5.41, 5.74) is -0.364. The van der Waals surface area contributed by atoms with Crippen molar-refractivity contribution in [2.24, 2.45) is 0 Å². The number of piperidine rings is 1. The molecule has 1 aromatic carbocycles. The van der Waals surface area contributed by atoms with Crippen LogP contribution in [0.3, 0.4) is 0 Å². The molecule has 2 bridgehead atoms. The third-order valence-corrected chi connectivity index (χ3v) is 4.25. The molecule has 19 heavy (non-hydrogen) atoms. The average molecular weight is 265 g/mol. The van der Waals surface area contributed by atoms with E-state index in [-0.39, 0.29) is 5.82 Å². The minimum absolute atomic E-state index is 0.322. The summed E-state index contributed by atoms with van der Waals surface area (Å²) in [6.07, 6.45) is 3.44. The molecule has 1 aromatic rings. The Kier molecular flexibility index (Phi) is 3.23. The van der Waals surface area contributed by atoms with E-state index in [1.807, 2.05) is 6.92 Å². The molecule has 2 N–H and O–H groups in total. The second-order valence-corrected chi connectivity index (χ2v) is 5.65. The number of halogens is 1. The predicted molar refractivity (Wildman–Crippen MR) is 70.6 cm³/mol. The van der Waals surface area contributed by atoms with E-state index in [4.69, 9.17) is 4.74 Å². The number of hydrogen-bond acceptors (Lipinski definition) is 3. The van der Waals surface area contributed by atoms with Crippen molar-refractivity contribution in [2.75, 3.05) is 6.61 Å². The van der Waals surface area contributed by atoms with Crippen molar-refractivity contribution in [3.63, 3.8) is 0 Å². The second-order valence-electron chi connectivity index (χ2n) is 5.65. The van der Waals surface area contributed by atoms with Crippen LogP contribution in [0, 0.1) is 5.82 Å². The molecule has 0 aliphatic carbocycles. The smallest absolute Gasteiger partial charge is 0.125 e. The molecule has 2 fully saturated rings. The molecular weight excluding hydrogens is 245 g/mol. The van der Waals surface area contributed by atoms with Gasteiger partial charge in [-0.3, -0.25) is 0 Å². The lowest BCUT2D eigenvalue weighted by Gasteiger charge is -2.38. The third-order valence-electron chi connectivity index (χ3n) is 4.25. The van der Waals surface area contributed by atoms with Gasteiger partial charge in [0.1, 0.15) is 11.6 Å². The van der Waals surface area contributed by atoms with Crippen LogP contribution in [0.25, 0.3) is 0 Å². The maximum absolute atomic E-state index is 13.5. The number of ether oxygens (including phenoxy) is 1. The van der Waals surface area contributed by atoms with Gasteiger partial charge in [0.25, 0.3) is 0 Å². The summed E-state index contributed by atoms with van der Waals surface area (Å²) in [4.78, 5) is 0. The zero-order valence-electron chi connectivity index (χ0n) is 11.2. The van der Waals surface area contributed by atoms with Crippen LogP contribution in [0.15, 0.2) is 18.2 Å². The van der Waals surface area contributed by atoms with Gasteiger partial charge in [0.05, 0.1) is 12.2 Å². The molecule has 4 heteroatoms. The Morgan fingerprint density at radius 1 is 1.37 bits per heavy atom. The summed E-state index contributed by atoms with van der Waals surface area (Å²) in [6, 6.07) is 5.10. The number of rotatable bonds is 3. The van der Waals surface area contributed by atoms with Crippen LogP contribution in [0.5, 0.6) is 5.75 Å². The highest BCUT2D eigenvalue weighted by Gasteiger charge is 2.44. The summed E-state index contributed by atoms with van der Waals surface area (Å²) in [6.45, 7) is 2.41. The molecule has 2 unspecified atom stereocenters. The van der Waals surface area contributed by atoms with E-state index in [1.54, 1.807) is 6.07 Å². The molecule has 0 radical (unpaired) electrons. The Morgan fingerprint density at radius 3 is 2.68 bits per heavy atom. The van der Waals surface area contributed by atoms with Crippen LogP contribution in [-0.2, 0) is 5.60 Å². The standard InChI is InChI=1S/C15H20FNO2/c1-2-19-14-6-3-10(16)7-13(14)15(18)8-11-4-5-12(9-15)17-11/h3,6-7,11-12,17-18H,2,4-5,8-9H2,1H3. The Hall–Kier alpha value is -1.13. The minimum Gasteiger partial charge on any atom is -0.493 e. The molecule has 3 rings (SSSR count). The minimum atomic E-state index is -0.969. The van der Waals surface area contributed by atoms with Gasteiger partial charge >= 0.3 is 0 Å². The highest BCUT2D eigenvalue weighted by atomic mass is 19.1. The van der Waals surface area contributed by atoms with E-state index in [9.17, 15) is 9.50 Å². The lowest BCUT2D eigenvalue weighted by atomic mass is 9.81. The monoisotopic (exact) mass is 265 g/mol. The number of nitrogens with one attached hydrogen (secondary N) is 1. The first kappa shape index (κ1) is 12.9. The van der Waals surface area contributed by atoms with Gasteiger partial charge in [0, 0.05) is 17.6 Å². The van der Waals surface area contributed by atoms with E-state index in [0.29, 0.717) is 42.8 Å². The molecule has 0 amide bonds. The Labute approximate surface area is 112 Å². The van der Waals surface area contributed by atoms with Gasteiger partial charge in [0.2, 0.25) is 0 Å². The molecule has 0 aromatic heterocycles. The highest BCUT2D eigenvalue weighted by molar-refractivity contribution is 5.39. The first-order chi connectivity index (χ1) is 9.10. The zero-order chi connectivity index (χ0) is 13.5. The van der Waals surface area contributed by atoms with Crippen molar-refractivity contribution in [2.45, 2.75) is 50.3 Å². The summed E-state index contributed by atoms with van der Waals surface area (Å²) in [7, 11) is 0. The normalized spacial score (nSPS) is 33.4. The molecular formula is C15H20FNO2. The van der Waals surface area contributed by atoms with Gasteiger partial charge in [-0.05, 0) is 50.8 Å². The van der Waals surface area contributed by atoms with Crippen molar-refractivity contribution >= 4 is 0 Å². The largest absolute Gasteiger partial charge is 0.493 e. The number of fused-ring (bicyclic) bond motifs is 2. The van der Waals surface area contributed by atoms with Crippen LogP contribution in [-0.4, -0.2) is 23.8 Å². The number of aliphatic hydroxyl groups is 1. The fraction of sp³-hybridized carbons (Fsp3) is 0.600. The van der Waals surface area contributed by atoms with Gasteiger partial charge < -0.3 is 15.2 Å². The Morgan fingerprint density at radius 2 is 2.05 bits per heavy atom. The Balaban J connectivity index is 1.97. The van der Waals surface area contributed by atoms with Crippen LogP contribution in [0.1, 0.15) is 38.2 Å². The molecule has 0 saturated carbocycles. The van der Waals surface area contributed by atoms with Crippen LogP contribution in [0.2, 0.25) is 0 Å². The molecule has 2 atom stereocenters. The summed E-state index contributed by atoms with van der Waals surface area (Å²) >= 11 is 0. The van der Waals surface area contributed by atoms with E-state index < -0.39 is 5.60 Å². The van der Waals surface area contributed by atoms with Gasteiger partial charge in [-0.15, -0.1) is 0 Å². The van der Waals surface area contributed by atoms with Gasteiger partial charge in [-0.1, -0.05) is 0 Å². The fourth-order valence-corrected chi connectivity index (χ4v) is 3.49. The average Bonchev–Trinajstić information content (AvgIpc) is 2.72. The third kappa shape index (κ3) is 2.35. The van der Waals surface area contributed by atoms with E-state index in [0.717, 1.165) is 12.8 Å². The quantitative estimate of drug-likeness (QED) is 0.881. The zero-order valence-corrected chi connectivity index (χ0v) is 11.2. The van der Waals surface area contributed by atoms with Gasteiger partial charge in [-0.25, -0.2) is 4.39 Å². The summed E-state index contributed by atoms with van der Waals surface area (Å²) in [5.74, 6) is 0.283. The van der Waals surface area contributed by atoms with Gasteiger partial charge in [0.15, 0.2) is 0 Å². The van der Waals surface area contributed by atoms with E-state index in [1.165, 1.54) is 12.1 Å². The van der Waals surface area contributed by atoms with Crippen molar-refractivity contribution in [3.8, 4) is 5.75 Å².